The van der Waals surface area contributed by atoms with Crippen LogP contribution in [0.15, 0.2) is 30.5 Å². The van der Waals surface area contributed by atoms with E-state index < -0.39 is 11.9 Å². The van der Waals surface area contributed by atoms with E-state index in [4.69, 9.17) is 22.4 Å². The number of nitrogens with zero attached hydrogens (tertiary/aromatic N) is 2. The zero-order chi connectivity index (χ0) is 13.3. The summed E-state index contributed by atoms with van der Waals surface area (Å²) in [7, 11) is 0. The third kappa shape index (κ3) is 2.05. The molecule has 0 saturated carbocycles. The van der Waals surface area contributed by atoms with Gasteiger partial charge in [0.15, 0.2) is 0 Å². The molecule has 3 N–H and O–H groups in total. The van der Waals surface area contributed by atoms with Crippen LogP contribution < -0.4 is 5.73 Å². The van der Waals surface area contributed by atoms with Crippen LogP contribution in [0, 0.1) is 0 Å². The molecular formula is C11H8ClN3O3. The lowest BCUT2D eigenvalue weighted by Crippen LogP contribution is -2.13. The van der Waals surface area contributed by atoms with Crippen molar-refractivity contribution >= 4 is 23.5 Å². The minimum atomic E-state index is -1.14. The number of carbonyl (C=O) groups is 2. The van der Waals surface area contributed by atoms with Crippen LogP contribution in [-0.2, 0) is 0 Å². The SMILES string of the molecule is NC(=O)c1ccn(-c2c(Cl)cccc2C(=O)O)n1. The van der Waals surface area contributed by atoms with Gasteiger partial charge in [0.25, 0.3) is 5.91 Å². The van der Waals surface area contributed by atoms with Crippen molar-refractivity contribution in [3.8, 4) is 5.69 Å². The number of primary amides is 1. The van der Waals surface area contributed by atoms with Crippen LogP contribution in [0.25, 0.3) is 5.69 Å². The van der Waals surface area contributed by atoms with Crippen molar-refractivity contribution in [3.63, 3.8) is 0 Å². The van der Waals surface area contributed by atoms with Gasteiger partial charge in [0.05, 0.1) is 16.3 Å². The van der Waals surface area contributed by atoms with Gasteiger partial charge in [-0.2, -0.15) is 5.10 Å². The number of rotatable bonds is 3. The summed E-state index contributed by atoms with van der Waals surface area (Å²) in [5.74, 6) is -1.83. The number of hydrogen-bond acceptors (Lipinski definition) is 3. The number of para-hydroxylation sites is 1. The second kappa shape index (κ2) is 4.50. The van der Waals surface area contributed by atoms with Crippen LogP contribution in [0.3, 0.4) is 0 Å². The Morgan fingerprint density at radius 1 is 1.33 bits per heavy atom. The van der Waals surface area contributed by atoms with Crippen LogP contribution in [-0.4, -0.2) is 26.8 Å². The number of carboxylic acids is 1. The van der Waals surface area contributed by atoms with Crippen LogP contribution in [0.4, 0.5) is 0 Å². The molecule has 1 heterocycles. The third-order valence-corrected chi connectivity index (χ3v) is 2.59. The van der Waals surface area contributed by atoms with E-state index in [1.165, 1.54) is 35.1 Å². The predicted octanol–water partition coefficient (Wildman–Crippen LogP) is 1.32. The molecule has 7 heteroatoms. The van der Waals surface area contributed by atoms with E-state index in [2.05, 4.69) is 5.10 Å². The molecule has 1 amide bonds. The van der Waals surface area contributed by atoms with Gasteiger partial charge in [-0.1, -0.05) is 17.7 Å². The highest BCUT2D eigenvalue weighted by molar-refractivity contribution is 6.33. The van der Waals surface area contributed by atoms with Crippen molar-refractivity contribution in [1.29, 1.82) is 0 Å². The van der Waals surface area contributed by atoms with E-state index in [1.807, 2.05) is 0 Å². The molecule has 0 spiro atoms. The molecule has 18 heavy (non-hydrogen) atoms. The molecule has 0 bridgehead atoms. The van der Waals surface area contributed by atoms with Gasteiger partial charge in [-0.05, 0) is 18.2 Å². The largest absolute Gasteiger partial charge is 0.478 e. The summed E-state index contributed by atoms with van der Waals surface area (Å²) < 4.78 is 1.21. The molecule has 1 aromatic heterocycles. The molecule has 1 aromatic carbocycles. The monoisotopic (exact) mass is 265 g/mol. The van der Waals surface area contributed by atoms with Gasteiger partial charge in [0, 0.05) is 6.20 Å². The van der Waals surface area contributed by atoms with Gasteiger partial charge < -0.3 is 10.8 Å². The number of hydrogen-bond donors (Lipinski definition) is 2. The normalized spacial score (nSPS) is 10.3. The first-order valence-corrected chi connectivity index (χ1v) is 5.26. The molecular weight excluding hydrogens is 258 g/mol. The Balaban J connectivity index is 2.62. The highest BCUT2D eigenvalue weighted by atomic mass is 35.5. The minimum absolute atomic E-state index is 0.0124. The number of benzene rings is 1. The molecule has 6 nitrogen and oxygen atoms in total. The maximum absolute atomic E-state index is 11.1. The van der Waals surface area contributed by atoms with E-state index >= 15 is 0 Å². The molecule has 0 unspecified atom stereocenters. The molecule has 0 atom stereocenters. The molecule has 0 aliphatic carbocycles. The van der Waals surface area contributed by atoms with Crippen molar-refractivity contribution in [3.05, 3.63) is 46.7 Å². The highest BCUT2D eigenvalue weighted by Gasteiger charge is 2.16. The van der Waals surface area contributed by atoms with Crippen molar-refractivity contribution < 1.29 is 14.7 Å². The predicted molar refractivity (Wildman–Crippen MR) is 64.1 cm³/mol. The fraction of sp³-hybridized carbons (Fsp3) is 0. The van der Waals surface area contributed by atoms with Gasteiger partial charge in [-0.25, -0.2) is 9.48 Å². The quantitative estimate of drug-likeness (QED) is 0.874. The molecule has 0 radical (unpaired) electrons. The fourth-order valence-corrected chi connectivity index (χ4v) is 1.76. The fourth-order valence-electron chi connectivity index (χ4n) is 1.50. The summed E-state index contributed by atoms with van der Waals surface area (Å²) in [6.07, 6.45) is 1.42. The molecule has 0 saturated heterocycles. The van der Waals surface area contributed by atoms with Gasteiger partial charge in [0.1, 0.15) is 5.69 Å². The lowest BCUT2D eigenvalue weighted by molar-refractivity contribution is 0.0696. The molecule has 0 aliphatic heterocycles. The van der Waals surface area contributed by atoms with Gasteiger partial charge in [-0.15, -0.1) is 0 Å². The minimum Gasteiger partial charge on any atom is -0.478 e. The second-order valence-corrected chi connectivity index (χ2v) is 3.86. The van der Waals surface area contributed by atoms with E-state index in [0.717, 1.165) is 0 Å². The number of nitrogens with two attached hydrogens (primary N) is 1. The zero-order valence-corrected chi connectivity index (χ0v) is 9.76. The maximum Gasteiger partial charge on any atom is 0.337 e. The topological polar surface area (TPSA) is 98.2 Å². The first-order chi connectivity index (χ1) is 8.50. The summed E-state index contributed by atoms with van der Waals surface area (Å²) in [5.41, 5.74) is 5.29. The summed E-state index contributed by atoms with van der Waals surface area (Å²) in [6.45, 7) is 0. The number of carbonyl (C=O) groups excluding carboxylic acids is 1. The Hall–Kier alpha value is -2.34. The van der Waals surface area contributed by atoms with Crippen LogP contribution in [0.2, 0.25) is 5.02 Å². The third-order valence-electron chi connectivity index (χ3n) is 2.29. The van der Waals surface area contributed by atoms with Gasteiger partial charge >= 0.3 is 5.97 Å². The summed E-state index contributed by atoms with van der Waals surface area (Å²) in [5, 5.41) is 13.2. The number of aromatic nitrogens is 2. The molecule has 0 fully saturated rings. The number of carboxylic acid groups (broad SMARTS) is 1. The number of halogens is 1. The average Bonchev–Trinajstić information content (AvgIpc) is 2.77. The average molecular weight is 266 g/mol. The van der Waals surface area contributed by atoms with Crippen LogP contribution in [0.1, 0.15) is 20.8 Å². The number of aromatic carboxylic acids is 1. The molecule has 92 valence electrons. The Morgan fingerprint density at radius 3 is 2.61 bits per heavy atom. The first-order valence-electron chi connectivity index (χ1n) is 4.88. The highest BCUT2D eigenvalue weighted by Crippen LogP contribution is 2.24. The lowest BCUT2D eigenvalue weighted by atomic mass is 10.2. The van der Waals surface area contributed by atoms with E-state index in [1.54, 1.807) is 0 Å². The Labute approximate surface area is 107 Å². The van der Waals surface area contributed by atoms with Gasteiger partial charge in [0.2, 0.25) is 0 Å². The van der Waals surface area contributed by atoms with E-state index in [-0.39, 0.29) is 22.0 Å². The zero-order valence-electron chi connectivity index (χ0n) is 9.00. The molecule has 0 aliphatic rings. The Morgan fingerprint density at radius 2 is 2.06 bits per heavy atom. The number of amides is 1. The summed E-state index contributed by atoms with van der Waals surface area (Å²) in [4.78, 5) is 22.0. The molecule has 2 aromatic rings. The molecule has 2 rings (SSSR count). The van der Waals surface area contributed by atoms with Crippen molar-refractivity contribution in [2.75, 3.05) is 0 Å². The summed E-state index contributed by atoms with van der Waals surface area (Å²) >= 11 is 5.96. The van der Waals surface area contributed by atoms with Crippen molar-refractivity contribution in [2.24, 2.45) is 5.73 Å². The lowest BCUT2D eigenvalue weighted by Gasteiger charge is -2.07. The van der Waals surface area contributed by atoms with E-state index in [0.29, 0.717) is 0 Å². The Bertz CT molecular complexity index is 636. The van der Waals surface area contributed by atoms with Gasteiger partial charge in [-0.3, -0.25) is 4.79 Å². The second-order valence-electron chi connectivity index (χ2n) is 3.45. The van der Waals surface area contributed by atoms with Crippen LogP contribution in [0.5, 0.6) is 0 Å². The van der Waals surface area contributed by atoms with Crippen molar-refractivity contribution in [1.82, 2.24) is 9.78 Å². The van der Waals surface area contributed by atoms with Crippen molar-refractivity contribution in [2.45, 2.75) is 0 Å². The summed E-state index contributed by atoms with van der Waals surface area (Å²) in [6, 6.07) is 5.84. The maximum atomic E-state index is 11.1. The van der Waals surface area contributed by atoms with Crippen LogP contribution >= 0.6 is 11.6 Å². The Kier molecular flexibility index (Phi) is 3.03. The smallest absolute Gasteiger partial charge is 0.337 e. The first kappa shape index (κ1) is 12.1. The standard InChI is InChI=1S/C11H8ClN3O3/c12-7-3-1-2-6(11(17)18)9(7)15-5-4-8(14-15)10(13)16/h1-5H,(H2,13,16)(H,17,18). The van der Waals surface area contributed by atoms with E-state index in [9.17, 15) is 9.59 Å².